The quantitative estimate of drug-likeness (QED) is 0.732. The minimum Gasteiger partial charge on any atom is -0.468 e. The standard InChI is InChI=1S/C12H16N2O3/c1-4-14(8-10(15)17-3)12(16)11-9(2)6-5-7-13-11/h5-7H,4,8H2,1-3H3. The number of hydrogen-bond acceptors (Lipinski definition) is 4. The minimum absolute atomic E-state index is 0.0537. The van der Waals surface area contributed by atoms with E-state index in [0.717, 1.165) is 5.56 Å². The van der Waals surface area contributed by atoms with Crippen LogP contribution in [0.15, 0.2) is 18.3 Å². The van der Waals surface area contributed by atoms with Crippen molar-refractivity contribution in [3.8, 4) is 0 Å². The van der Waals surface area contributed by atoms with Crippen molar-refractivity contribution in [2.75, 3.05) is 20.2 Å². The predicted molar refractivity (Wildman–Crippen MR) is 62.6 cm³/mol. The molecule has 0 saturated carbocycles. The van der Waals surface area contributed by atoms with Gasteiger partial charge in [-0.3, -0.25) is 14.6 Å². The number of ether oxygens (including phenoxy) is 1. The van der Waals surface area contributed by atoms with Gasteiger partial charge in [-0.25, -0.2) is 0 Å². The first-order valence-corrected chi connectivity index (χ1v) is 5.37. The number of nitrogens with zero attached hydrogens (tertiary/aromatic N) is 2. The van der Waals surface area contributed by atoms with Gasteiger partial charge in [-0.15, -0.1) is 0 Å². The Kier molecular flexibility index (Phi) is 4.63. The molecule has 5 heteroatoms. The molecule has 0 fully saturated rings. The van der Waals surface area contributed by atoms with Crippen LogP contribution in [0.5, 0.6) is 0 Å². The molecule has 0 unspecified atom stereocenters. The summed E-state index contributed by atoms with van der Waals surface area (Å²) in [5, 5.41) is 0. The third kappa shape index (κ3) is 3.27. The third-order valence-corrected chi connectivity index (χ3v) is 2.43. The lowest BCUT2D eigenvalue weighted by Gasteiger charge is -2.19. The highest BCUT2D eigenvalue weighted by Gasteiger charge is 2.19. The lowest BCUT2D eigenvalue weighted by atomic mass is 10.2. The van der Waals surface area contributed by atoms with Gasteiger partial charge in [-0.1, -0.05) is 6.07 Å². The zero-order valence-electron chi connectivity index (χ0n) is 10.3. The molecule has 0 atom stereocenters. The number of aromatic nitrogens is 1. The third-order valence-electron chi connectivity index (χ3n) is 2.43. The number of pyridine rings is 1. The van der Waals surface area contributed by atoms with Crippen molar-refractivity contribution in [2.45, 2.75) is 13.8 Å². The summed E-state index contributed by atoms with van der Waals surface area (Å²) in [5.74, 6) is -0.690. The Morgan fingerprint density at radius 2 is 2.18 bits per heavy atom. The number of likely N-dealkylation sites (N-methyl/N-ethyl adjacent to an activating group) is 1. The fourth-order valence-corrected chi connectivity index (χ4v) is 1.41. The van der Waals surface area contributed by atoms with Gasteiger partial charge in [0.25, 0.3) is 5.91 Å². The monoisotopic (exact) mass is 236 g/mol. The van der Waals surface area contributed by atoms with E-state index in [1.807, 2.05) is 13.0 Å². The summed E-state index contributed by atoms with van der Waals surface area (Å²) in [6, 6.07) is 3.58. The van der Waals surface area contributed by atoms with Crippen LogP contribution >= 0.6 is 0 Å². The molecule has 0 saturated heterocycles. The molecule has 92 valence electrons. The predicted octanol–water partition coefficient (Wildman–Crippen LogP) is 1.03. The Morgan fingerprint density at radius 3 is 2.71 bits per heavy atom. The van der Waals surface area contributed by atoms with Crippen LogP contribution in [-0.2, 0) is 9.53 Å². The highest BCUT2D eigenvalue weighted by Crippen LogP contribution is 2.07. The number of carbonyl (C=O) groups is 2. The zero-order chi connectivity index (χ0) is 12.8. The van der Waals surface area contributed by atoms with Crippen molar-refractivity contribution in [3.05, 3.63) is 29.6 Å². The molecule has 1 rings (SSSR count). The number of esters is 1. The molecule has 5 nitrogen and oxygen atoms in total. The molecule has 0 bridgehead atoms. The van der Waals surface area contributed by atoms with E-state index < -0.39 is 5.97 Å². The molecule has 0 aliphatic rings. The van der Waals surface area contributed by atoms with Gasteiger partial charge in [0.15, 0.2) is 0 Å². The molecule has 0 radical (unpaired) electrons. The molecule has 0 spiro atoms. The van der Waals surface area contributed by atoms with Crippen LogP contribution in [0.2, 0.25) is 0 Å². The Balaban J connectivity index is 2.87. The first-order chi connectivity index (χ1) is 8.10. The summed E-state index contributed by atoms with van der Waals surface area (Å²) in [5.41, 5.74) is 1.17. The SMILES string of the molecule is CCN(CC(=O)OC)C(=O)c1ncccc1C. The van der Waals surface area contributed by atoms with E-state index >= 15 is 0 Å². The van der Waals surface area contributed by atoms with Crippen LogP contribution in [0.1, 0.15) is 23.0 Å². The van der Waals surface area contributed by atoms with Gasteiger partial charge in [0.1, 0.15) is 12.2 Å². The average Bonchev–Trinajstić information content (AvgIpc) is 2.35. The first-order valence-electron chi connectivity index (χ1n) is 5.37. The Morgan fingerprint density at radius 1 is 1.47 bits per heavy atom. The van der Waals surface area contributed by atoms with Crippen LogP contribution in [0, 0.1) is 6.92 Å². The van der Waals surface area contributed by atoms with Gasteiger partial charge in [0.05, 0.1) is 7.11 Å². The van der Waals surface area contributed by atoms with E-state index in [0.29, 0.717) is 12.2 Å². The number of hydrogen-bond donors (Lipinski definition) is 0. The van der Waals surface area contributed by atoms with Crippen LogP contribution in [0.3, 0.4) is 0 Å². The maximum absolute atomic E-state index is 12.1. The van der Waals surface area contributed by atoms with Crippen LogP contribution in [0.25, 0.3) is 0 Å². The van der Waals surface area contributed by atoms with Crippen LogP contribution in [0.4, 0.5) is 0 Å². The van der Waals surface area contributed by atoms with Crippen molar-refractivity contribution in [1.82, 2.24) is 9.88 Å². The fraction of sp³-hybridized carbons (Fsp3) is 0.417. The molecule has 0 aliphatic carbocycles. The summed E-state index contributed by atoms with van der Waals surface area (Å²) in [7, 11) is 1.30. The number of amides is 1. The van der Waals surface area contributed by atoms with Crippen LogP contribution < -0.4 is 0 Å². The molecule has 0 aliphatic heterocycles. The fourth-order valence-electron chi connectivity index (χ4n) is 1.41. The molecule has 17 heavy (non-hydrogen) atoms. The van der Waals surface area contributed by atoms with Crippen molar-refractivity contribution >= 4 is 11.9 Å². The Hall–Kier alpha value is -1.91. The zero-order valence-corrected chi connectivity index (χ0v) is 10.3. The topological polar surface area (TPSA) is 59.5 Å². The van der Waals surface area contributed by atoms with E-state index in [4.69, 9.17) is 0 Å². The van der Waals surface area contributed by atoms with Gasteiger partial charge in [-0.2, -0.15) is 0 Å². The van der Waals surface area contributed by atoms with Crippen LogP contribution in [-0.4, -0.2) is 42.0 Å². The molecule has 0 N–H and O–H groups in total. The summed E-state index contributed by atoms with van der Waals surface area (Å²) in [6.45, 7) is 4.00. The number of aryl methyl sites for hydroxylation is 1. The van der Waals surface area contributed by atoms with Gasteiger partial charge in [0, 0.05) is 12.7 Å². The minimum atomic E-state index is -0.436. The summed E-state index contributed by atoms with van der Waals surface area (Å²) in [4.78, 5) is 28.7. The molecule has 1 aromatic heterocycles. The van der Waals surface area contributed by atoms with Gasteiger partial charge < -0.3 is 9.64 Å². The maximum Gasteiger partial charge on any atom is 0.325 e. The molecular weight excluding hydrogens is 220 g/mol. The van der Waals surface area contributed by atoms with E-state index in [2.05, 4.69) is 9.72 Å². The Labute approximate surface area is 100 Å². The van der Waals surface area contributed by atoms with Crippen molar-refractivity contribution < 1.29 is 14.3 Å². The second kappa shape index (κ2) is 5.98. The molecule has 0 aromatic carbocycles. The largest absolute Gasteiger partial charge is 0.468 e. The lowest BCUT2D eigenvalue weighted by molar-refractivity contribution is -0.141. The Bertz CT molecular complexity index is 418. The second-order valence-corrected chi connectivity index (χ2v) is 3.56. The molecule has 1 heterocycles. The van der Waals surface area contributed by atoms with Crippen molar-refractivity contribution in [2.24, 2.45) is 0 Å². The van der Waals surface area contributed by atoms with Gasteiger partial charge >= 0.3 is 5.97 Å². The van der Waals surface area contributed by atoms with E-state index in [1.54, 1.807) is 19.2 Å². The van der Waals surface area contributed by atoms with Crippen molar-refractivity contribution in [1.29, 1.82) is 0 Å². The smallest absolute Gasteiger partial charge is 0.325 e. The van der Waals surface area contributed by atoms with Gasteiger partial charge in [0.2, 0.25) is 0 Å². The highest BCUT2D eigenvalue weighted by atomic mass is 16.5. The van der Waals surface area contributed by atoms with Gasteiger partial charge in [-0.05, 0) is 25.5 Å². The molecule has 1 amide bonds. The van der Waals surface area contributed by atoms with E-state index in [1.165, 1.54) is 12.0 Å². The van der Waals surface area contributed by atoms with E-state index in [9.17, 15) is 9.59 Å². The summed E-state index contributed by atoms with van der Waals surface area (Å²) >= 11 is 0. The van der Waals surface area contributed by atoms with Crippen molar-refractivity contribution in [3.63, 3.8) is 0 Å². The first kappa shape index (κ1) is 13.2. The second-order valence-electron chi connectivity index (χ2n) is 3.56. The molecular formula is C12H16N2O3. The number of rotatable bonds is 4. The molecule has 1 aromatic rings. The lowest BCUT2D eigenvalue weighted by Crippen LogP contribution is -2.36. The number of methoxy groups -OCH3 is 1. The number of carbonyl (C=O) groups excluding carboxylic acids is 2. The average molecular weight is 236 g/mol. The highest BCUT2D eigenvalue weighted by molar-refractivity contribution is 5.95. The normalized spacial score (nSPS) is 9.82. The van der Waals surface area contributed by atoms with E-state index in [-0.39, 0.29) is 12.5 Å². The summed E-state index contributed by atoms with van der Waals surface area (Å²) < 4.78 is 4.55. The summed E-state index contributed by atoms with van der Waals surface area (Å²) in [6.07, 6.45) is 1.56. The maximum atomic E-state index is 12.1.